The molecule has 420 valence electrons. The molecular weight excluding hydrogens is 889 g/mol. The molecule has 0 heterocycles. The van der Waals surface area contributed by atoms with Crippen molar-refractivity contribution in [3.63, 3.8) is 0 Å². The zero-order chi connectivity index (χ0) is 52.3. The minimum Gasteiger partial charge on any atom is -0.466 e. The van der Waals surface area contributed by atoms with E-state index >= 15 is 0 Å². The van der Waals surface area contributed by atoms with Gasteiger partial charge in [-0.15, -0.1) is 0 Å². The molecule has 0 aromatic heterocycles. The van der Waals surface area contributed by atoms with E-state index in [4.69, 9.17) is 18.9 Å². The normalized spacial score (nSPS) is 11.6. The lowest BCUT2D eigenvalue weighted by Gasteiger charge is -2.26. The monoisotopic (exact) mass is 1010 g/mol. The molecule has 0 fully saturated rings. The second kappa shape index (κ2) is 52.5. The maximum absolute atomic E-state index is 13.8. The number of hydrogen-bond acceptors (Lipinski definition) is 9. The van der Waals surface area contributed by atoms with Gasteiger partial charge in [-0.05, 0) is 123 Å². The van der Waals surface area contributed by atoms with E-state index < -0.39 is 0 Å². The van der Waals surface area contributed by atoms with Gasteiger partial charge in [0.2, 0.25) is 0 Å². The van der Waals surface area contributed by atoms with Gasteiger partial charge in [-0.2, -0.15) is 0 Å². The molecule has 10 nitrogen and oxygen atoms in total. The summed E-state index contributed by atoms with van der Waals surface area (Å²) >= 11 is 0. The van der Waals surface area contributed by atoms with Crippen LogP contribution in [0.4, 0.5) is 4.79 Å². The first-order valence-electron chi connectivity index (χ1n) is 30.7. The zero-order valence-corrected chi connectivity index (χ0v) is 48.1. The van der Waals surface area contributed by atoms with Crippen molar-refractivity contribution in [1.29, 1.82) is 0 Å². The van der Waals surface area contributed by atoms with Crippen LogP contribution in [-0.4, -0.2) is 92.4 Å². The molecular formula is C61H118N2O8. The SMILES string of the molecule is CCCCCCCOC(=O)CCN(CCCN(C)C)C(=O)OC(CCCCCCCCC(=O)OC(CCCCCC)CCCCCC)CCCCCCCCC(=O)OC(CCCCCC)CCCCCC. The molecule has 0 bridgehead atoms. The molecule has 71 heavy (non-hydrogen) atoms. The van der Waals surface area contributed by atoms with E-state index in [-0.39, 0.29) is 48.7 Å². The molecule has 0 atom stereocenters. The number of rotatable bonds is 54. The van der Waals surface area contributed by atoms with Gasteiger partial charge in [0, 0.05) is 25.9 Å². The highest BCUT2D eigenvalue weighted by atomic mass is 16.6. The fourth-order valence-electron chi connectivity index (χ4n) is 9.45. The number of carbonyl (C=O) groups excluding carboxylic acids is 4. The van der Waals surface area contributed by atoms with Gasteiger partial charge >= 0.3 is 24.0 Å². The molecule has 0 saturated heterocycles. The molecule has 0 saturated carbocycles. The fraction of sp³-hybridized carbons (Fsp3) is 0.934. The number of amides is 1. The van der Waals surface area contributed by atoms with Crippen molar-refractivity contribution in [2.45, 2.75) is 329 Å². The van der Waals surface area contributed by atoms with Crippen LogP contribution in [0.1, 0.15) is 311 Å². The van der Waals surface area contributed by atoms with Crippen LogP contribution in [0.3, 0.4) is 0 Å². The molecule has 0 aromatic carbocycles. The van der Waals surface area contributed by atoms with Crippen molar-refractivity contribution in [2.75, 3.05) is 40.3 Å². The standard InChI is InChI=1S/C61H118N2O8/c1-8-13-18-31-40-54-68-58(64)50-53-63(52-41-51-62(6)7)61(67)71-57(46-36-27-23-25-29-38-48-59(65)69-55(42-32-19-14-9-2)43-33-20-15-10-3)47-37-28-24-26-30-39-49-60(66)70-56(44-34-21-16-11-4)45-35-22-17-12-5/h55-57H,8-54H2,1-7H3. The van der Waals surface area contributed by atoms with Crippen LogP contribution in [0, 0.1) is 0 Å². The Morgan fingerprint density at radius 2 is 0.648 bits per heavy atom. The van der Waals surface area contributed by atoms with Gasteiger partial charge < -0.3 is 28.7 Å². The van der Waals surface area contributed by atoms with Crippen LogP contribution < -0.4 is 0 Å². The molecule has 1 amide bonds. The first-order valence-corrected chi connectivity index (χ1v) is 30.7. The molecule has 0 rings (SSSR count). The number of ether oxygens (including phenoxy) is 4. The Labute approximate surface area is 439 Å². The maximum atomic E-state index is 13.8. The summed E-state index contributed by atoms with van der Waals surface area (Å²) < 4.78 is 23.9. The quantitative estimate of drug-likeness (QED) is 0.0334. The van der Waals surface area contributed by atoms with E-state index in [2.05, 4.69) is 39.5 Å². The Bertz CT molecular complexity index is 1120. The molecule has 0 aliphatic rings. The zero-order valence-electron chi connectivity index (χ0n) is 48.1. The van der Waals surface area contributed by atoms with E-state index in [9.17, 15) is 19.2 Å². The molecule has 0 unspecified atom stereocenters. The average Bonchev–Trinajstić information content (AvgIpc) is 3.35. The molecule has 0 N–H and O–H groups in total. The van der Waals surface area contributed by atoms with E-state index in [1.165, 1.54) is 89.9 Å². The predicted octanol–water partition coefficient (Wildman–Crippen LogP) is 17.6. The van der Waals surface area contributed by atoms with Gasteiger partial charge in [-0.1, -0.05) is 189 Å². The highest BCUT2D eigenvalue weighted by molar-refractivity contribution is 5.72. The van der Waals surface area contributed by atoms with Gasteiger partial charge in [0.1, 0.15) is 18.3 Å². The topological polar surface area (TPSA) is 112 Å². The van der Waals surface area contributed by atoms with Crippen LogP contribution in [-0.2, 0) is 33.3 Å². The summed E-state index contributed by atoms with van der Waals surface area (Å²) in [5, 5.41) is 0. The molecule has 0 aliphatic heterocycles. The maximum Gasteiger partial charge on any atom is 0.410 e. The Morgan fingerprint density at radius 3 is 1.03 bits per heavy atom. The Balaban J connectivity index is 5.19. The van der Waals surface area contributed by atoms with E-state index in [1.807, 2.05) is 14.1 Å². The van der Waals surface area contributed by atoms with Crippen molar-refractivity contribution in [2.24, 2.45) is 0 Å². The third kappa shape index (κ3) is 47.1. The summed E-state index contributed by atoms with van der Waals surface area (Å²) in [5.74, 6) is -0.307. The summed E-state index contributed by atoms with van der Waals surface area (Å²) in [6, 6.07) is 0. The Hall–Kier alpha value is -2.36. The minimum atomic E-state index is -0.326. The number of esters is 3. The molecule has 0 aromatic rings. The first kappa shape index (κ1) is 68.6. The lowest BCUT2D eigenvalue weighted by molar-refractivity contribution is -0.151. The van der Waals surface area contributed by atoms with Gasteiger partial charge in [-0.25, -0.2) is 4.79 Å². The molecule has 0 spiro atoms. The van der Waals surface area contributed by atoms with Crippen LogP contribution in [0.25, 0.3) is 0 Å². The second-order valence-corrected chi connectivity index (χ2v) is 21.5. The smallest absolute Gasteiger partial charge is 0.410 e. The van der Waals surface area contributed by atoms with Crippen molar-refractivity contribution < 1.29 is 38.1 Å². The summed E-state index contributed by atoms with van der Waals surface area (Å²) in [4.78, 5) is 56.0. The van der Waals surface area contributed by atoms with E-state index in [0.717, 1.165) is 173 Å². The number of carbonyl (C=O) groups is 4. The largest absolute Gasteiger partial charge is 0.466 e. The third-order valence-corrected chi connectivity index (χ3v) is 14.1. The van der Waals surface area contributed by atoms with Crippen LogP contribution in [0.2, 0.25) is 0 Å². The summed E-state index contributed by atoms with van der Waals surface area (Å²) in [5.41, 5.74) is 0. The fourth-order valence-corrected chi connectivity index (χ4v) is 9.45. The van der Waals surface area contributed by atoms with Crippen LogP contribution in [0.15, 0.2) is 0 Å². The Morgan fingerprint density at radius 1 is 0.324 bits per heavy atom. The molecule has 0 radical (unpaired) electrons. The number of hydrogen-bond donors (Lipinski definition) is 0. The van der Waals surface area contributed by atoms with Crippen molar-refractivity contribution in [3.8, 4) is 0 Å². The minimum absolute atomic E-state index is 0.0268. The summed E-state index contributed by atoms with van der Waals surface area (Å²) in [7, 11) is 4.06. The Kier molecular flexibility index (Phi) is 50.8. The van der Waals surface area contributed by atoms with Crippen LogP contribution >= 0.6 is 0 Å². The van der Waals surface area contributed by atoms with E-state index in [1.54, 1.807) is 4.90 Å². The summed E-state index contributed by atoms with van der Waals surface area (Å²) in [6.45, 7) is 13.2. The van der Waals surface area contributed by atoms with Crippen molar-refractivity contribution in [1.82, 2.24) is 9.80 Å². The van der Waals surface area contributed by atoms with Gasteiger partial charge in [-0.3, -0.25) is 14.4 Å². The average molecular weight is 1010 g/mol. The highest BCUT2D eigenvalue weighted by Gasteiger charge is 2.22. The van der Waals surface area contributed by atoms with E-state index in [0.29, 0.717) is 32.5 Å². The molecule has 0 aliphatic carbocycles. The first-order chi connectivity index (χ1) is 34.6. The van der Waals surface area contributed by atoms with Gasteiger partial charge in [0.05, 0.1) is 13.0 Å². The van der Waals surface area contributed by atoms with Crippen molar-refractivity contribution >= 4 is 24.0 Å². The highest BCUT2D eigenvalue weighted by Crippen LogP contribution is 2.22. The second-order valence-electron chi connectivity index (χ2n) is 21.5. The van der Waals surface area contributed by atoms with Crippen LogP contribution in [0.5, 0.6) is 0 Å². The van der Waals surface area contributed by atoms with Gasteiger partial charge in [0.15, 0.2) is 0 Å². The molecule has 10 heteroatoms. The lowest BCUT2D eigenvalue weighted by Crippen LogP contribution is -2.37. The predicted molar refractivity (Wildman–Crippen MR) is 298 cm³/mol. The summed E-state index contributed by atoms with van der Waals surface area (Å²) in [6.07, 6.45) is 44.3. The number of unbranched alkanes of at least 4 members (excludes halogenated alkanes) is 26. The van der Waals surface area contributed by atoms with Crippen molar-refractivity contribution in [3.05, 3.63) is 0 Å². The third-order valence-electron chi connectivity index (χ3n) is 14.1. The number of nitrogens with zero attached hydrogens (tertiary/aromatic N) is 2. The van der Waals surface area contributed by atoms with Gasteiger partial charge in [0.25, 0.3) is 0 Å². The lowest BCUT2D eigenvalue weighted by atomic mass is 10.0.